The highest BCUT2D eigenvalue weighted by Gasteiger charge is 2.13. The molecule has 0 saturated heterocycles. The molecule has 3 nitrogen and oxygen atoms in total. The second-order valence-corrected chi connectivity index (χ2v) is 3.73. The standard InChI is InChI=1S/C3H3BBrNO2S/c5-3-6-1-2(9-3)4(7)8/h1,7-8H. The molecule has 0 saturated carbocycles. The van der Waals surface area contributed by atoms with Gasteiger partial charge in [-0.2, -0.15) is 0 Å². The van der Waals surface area contributed by atoms with E-state index < -0.39 is 7.12 Å². The van der Waals surface area contributed by atoms with E-state index in [9.17, 15) is 0 Å². The third-order valence-electron chi connectivity index (χ3n) is 0.750. The Morgan fingerprint density at radius 3 is 2.56 bits per heavy atom. The number of thiazole rings is 1. The largest absolute Gasteiger partial charge is 0.500 e. The molecule has 0 bridgehead atoms. The molecule has 0 atom stereocenters. The minimum Gasteiger partial charge on any atom is -0.423 e. The van der Waals surface area contributed by atoms with Crippen LogP contribution in [-0.2, 0) is 0 Å². The van der Waals surface area contributed by atoms with Crippen molar-refractivity contribution < 1.29 is 10.0 Å². The predicted molar refractivity (Wildman–Crippen MR) is 39.6 cm³/mol. The number of hydrogen-bond donors (Lipinski definition) is 2. The van der Waals surface area contributed by atoms with E-state index in [1.54, 1.807) is 0 Å². The molecule has 48 valence electrons. The average Bonchev–Trinajstić information content (AvgIpc) is 2.14. The van der Waals surface area contributed by atoms with E-state index in [1.165, 1.54) is 17.5 Å². The minimum absolute atomic E-state index is 0.446. The molecule has 0 fully saturated rings. The molecule has 0 aromatic carbocycles. The van der Waals surface area contributed by atoms with Crippen LogP contribution in [0.5, 0.6) is 0 Å². The van der Waals surface area contributed by atoms with Crippen LogP contribution in [0, 0.1) is 0 Å². The Morgan fingerprint density at radius 1 is 1.67 bits per heavy atom. The fourth-order valence-corrected chi connectivity index (χ4v) is 1.56. The van der Waals surface area contributed by atoms with E-state index in [2.05, 4.69) is 20.9 Å². The van der Waals surface area contributed by atoms with E-state index in [4.69, 9.17) is 10.0 Å². The number of aromatic nitrogens is 1. The van der Waals surface area contributed by atoms with Crippen LogP contribution in [0.1, 0.15) is 0 Å². The highest BCUT2D eigenvalue weighted by atomic mass is 79.9. The molecular weight excluding hydrogens is 205 g/mol. The zero-order chi connectivity index (χ0) is 6.85. The molecule has 0 aliphatic rings. The monoisotopic (exact) mass is 207 g/mol. The first kappa shape index (κ1) is 7.20. The summed E-state index contributed by atoms with van der Waals surface area (Å²) in [4.78, 5) is 3.75. The van der Waals surface area contributed by atoms with Gasteiger partial charge >= 0.3 is 7.12 Å². The molecule has 1 rings (SSSR count). The topological polar surface area (TPSA) is 53.4 Å². The summed E-state index contributed by atoms with van der Waals surface area (Å²) in [6.07, 6.45) is 1.42. The van der Waals surface area contributed by atoms with E-state index in [1.807, 2.05) is 0 Å². The van der Waals surface area contributed by atoms with Crippen molar-refractivity contribution >= 4 is 39.2 Å². The van der Waals surface area contributed by atoms with Crippen molar-refractivity contribution in [2.45, 2.75) is 0 Å². The lowest BCUT2D eigenvalue weighted by atomic mass is 9.91. The molecule has 2 N–H and O–H groups in total. The second-order valence-electron chi connectivity index (χ2n) is 1.39. The van der Waals surface area contributed by atoms with E-state index in [0.717, 1.165) is 0 Å². The third-order valence-corrected chi connectivity index (χ3v) is 2.27. The summed E-state index contributed by atoms with van der Waals surface area (Å²) in [5, 5.41) is 17.1. The first-order valence-corrected chi connectivity index (χ1v) is 3.78. The number of halogens is 1. The Kier molecular flexibility index (Phi) is 2.23. The lowest BCUT2D eigenvalue weighted by Crippen LogP contribution is -2.26. The van der Waals surface area contributed by atoms with Crippen molar-refractivity contribution in [3.63, 3.8) is 0 Å². The summed E-state index contributed by atoms with van der Waals surface area (Å²) in [7, 11) is -1.39. The molecule has 0 spiro atoms. The minimum atomic E-state index is -1.39. The molecule has 0 amide bonds. The van der Waals surface area contributed by atoms with Gasteiger partial charge in [-0.25, -0.2) is 4.98 Å². The van der Waals surface area contributed by atoms with Gasteiger partial charge in [-0.1, -0.05) is 0 Å². The van der Waals surface area contributed by atoms with Gasteiger partial charge in [0.15, 0.2) is 3.92 Å². The molecule has 1 aromatic rings. The second kappa shape index (κ2) is 2.79. The maximum Gasteiger partial charge on any atom is 0.500 e. The van der Waals surface area contributed by atoms with Gasteiger partial charge in [0.25, 0.3) is 0 Å². The van der Waals surface area contributed by atoms with Gasteiger partial charge in [0.1, 0.15) is 0 Å². The van der Waals surface area contributed by atoms with Gasteiger partial charge < -0.3 is 10.0 Å². The average molecular weight is 208 g/mol. The van der Waals surface area contributed by atoms with Crippen molar-refractivity contribution in [3.8, 4) is 0 Å². The zero-order valence-electron chi connectivity index (χ0n) is 4.28. The quantitative estimate of drug-likeness (QED) is 0.616. The molecule has 0 aliphatic carbocycles. The van der Waals surface area contributed by atoms with Crippen molar-refractivity contribution in [1.29, 1.82) is 0 Å². The molecule has 1 aromatic heterocycles. The summed E-state index contributed by atoms with van der Waals surface area (Å²) in [6, 6.07) is 0. The van der Waals surface area contributed by atoms with Crippen LogP contribution in [0.3, 0.4) is 0 Å². The van der Waals surface area contributed by atoms with Crippen LogP contribution in [0.4, 0.5) is 0 Å². The molecule has 0 unspecified atom stereocenters. The summed E-state index contributed by atoms with van der Waals surface area (Å²) < 4.78 is 1.10. The highest BCUT2D eigenvalue weighted by Crippen LogP contribution is 2.09. The van der Waals surface area contributed by atoms with Gasteiger partial charge in [-0.3, -0.25) is 0 Å². The molecular formula is C3H3BBrNO2S. The summed E-state index contributed by atoms with van der Waals surface area (Å²) >= 11 is 4.29. The fraction of sp³-hybridized carbons (Fsp3) is 0. The van der Waals surface area contributed by atoms with Crippen LogP contribution in [-0.4, -0.2) is 22.2 Å². The Morgan fingerprint density at radius 2 is 2.33 bits per heavy atom. The molecule has 0 radical (unpaired) electrons. The maximum atomic E-state index is 8.54. The van der Waals surface area contributed by atoms with Crippen molar-refractivity contribution in [3.05, 3.63) is 10.1 Å². The summed E-state index contributed by atoms with van der Waals surface area (Å²) in [5.74, 6) is 0. The summed E-state index contributed by atoms with van der Waals surface area (Å²) in [5.41, 5.74) is 0. The number of rotatable bonds is 1. The maximum absolute atomic E-state index is 8.54. The Hall–Kier alpha value is 0.0949. The van der Waals surface area contributed by atoms with E-state index in [0.29, 0.717) is 8.69 Å². The first-order valence-electron chi connectivity index (χ1n) is 2.17. The lowest BCUT2D eigenvalue weighted by Gasteiger charge is -1.86. The Bertz CT molecular complexity index is 203. The first-order chi connectivity index (χ1) is 4.20. The summed E-state index contributed by atoms with van der Waals surface area (Å²) in [6.45, 7) is 0. The van der Waals surface area contributed by atoms with Crippen LogP contribution in [0.2, 0.25) is 0 Å². The van der Waals surface area contributed by atoms with Crippen molar-refractivity contribution in [2.75, 3.05) is 0 Å². The predicted octanol–water partition coefficient (Wildman–Crippen LogP) is -0.415. The molecule has 6 heteroatoms. The smallest absolute Gasteiger partial charge is 0.423 e. The van der Waals surface area contributed by atoms with E-state index >= 15 is 0 Å². The zero-order valence-corrected chi connectivity index (χ0v) is 6.69. The highest BCUT2D eigenvalue weighted by molar-refractivity contribution is 9.11. The molecule has 0 aliphatic heterocycles. The van der Waals surface area contributed by atoms with Gasteiger partial charge in [0.05, 0.1) is 4.78 Å². The molecule has 1 heterocycles. The lowest BCUT2D eigenvalue weighted by molar-refractivity contribution is 0.427. The van der Waals surface area contributed by atoms with Gasteiger partial charge in [-0.15, -0.1) is 11.3 Å². The number of hydrogen-bond acceptors (Lipinski definition) is 4. The van der Waals surface area contributed by atoms with E-state index in [-0.39, 0.29) is 0 Å². The third kappa shape index (κ3) is 1.75. The van der Waals surface area contributed by atoms with Crippen LogP contribution >= 0.6 is 27.3 Å². The van der Waals surface area contributed by atoms with Gasteiger partial charge in [0, 0.05) is 6.20 Å². The fourth-order valence-electron chi connectivity index (χ4n) is 0.384. The Labute approximate surface area is 64.6 Å². The van der Waals surface area contributed by atoms with Gasteiger partial charge in [-0.05, 0) is 15.9 Å². The normalized spacial score (nSPS) is 9.67. The van der Waals surface area contributed by atoms with Crippen molar-refractivity contribution in [1.82, 2.24) is 4.98 Å². The van der Waals surface area contributed by atoms with Crippen LogP contribution < -0.4 is 4.78 Å². The van der Waals surface area contributed by atoms with Crippen LogP contribution in [0.15, 0.2) is 10.1 Å². The van der Waals surface area contributed by atoms with Crippen molar-refractivity contribution in [2.24, 2.45) is 0 Å². The Balaban J connectivity index is 2.85. The van der Waals surface area contributed by atoms with Gasteiger partial charge in [0.2, 0.25) is 0 Å². The number of nitrogens with zero attached hydrogens (tertiary/aromatic N) is 1. The van der Waals surface area contributed by atoms with Crippen LogP contribution in [0.25, 0.3) is 0 Å². The SMILES string of the molecule is OB(O)c1cnc(Br)s1. The molecule has 9 heavy (non-hydrogen) atoms.